The number of H-pyrrole nitrogens is 1. The van der Waals surface area contributed by atoms with Gasteiger partial charge in [0.15, 0.2) is 18.2 Å². The van der Waals surface area contributed by atoms with Gasteiger partial charge in [-0.2, -0.15) is 0 Å². The zero-order valence-electron chi connectivity index (χ0n) is 18.6. The monoisotopic (exact) mass is 459 g/mol. The van der Waals surface area contributed by atoms with E-state index in [4.69, 9.17) is 4.74 Å². The van der Waals surface area contributed by atoms with Crippen molar-refractivity contribution in [3.63, 3.8) is 0 Å². The molecule has 4 aromatic rings. The molecule has 0 aliphatic heterocycles. The highest BCUT2D eigenvalue weighted by Crippen LogP contribution is 2.39. The van der Waals surface area contributed by atoms with E-state index in [9.17, 15) is 9.18 Å². The fourth-order valence-corrected chi connectivity index (χ4v) is 4.12. The van der Waals surface area contributed by atoms with Gasteiger partial charge in [0.1, 0.15) is 23.1 Å². The standard InChI is InChI=1S/C25H23FN6O2/c1-2-34-19-7-8-21(28-15-19)24-31-30-23(32(24)22-6-4-3-5-20(22)26)17-13-18(14-17)29-25(33)16-9-11-27-12-10-16/h3-12,15,17-18H,2,13-14H2,1H3,(H,29,33)/p+1. The topological polar surface area (TPSA) is 96.1 Å². The summed E-state index contributed by atoms with van der Waals surface area (Å²) >= 11 is 0. The fourth-order valence-electron chi connectivity index (χ4n) is 4.12. The van der Waals surface area contributed by atoms with Crippen molar-refractivity contribution in [2.24, 2.45) is 0 Å². The summed E-state index contributed by atoms with van der Waals surface area (Å²) in [5.74, 6) is 1.29. The van der Waals surface area contributed by atoms with Crippen LogP contribution in [0.3, 0.4) is 0 Å². The highest BCUT2D eigenvalue weighted by molar-refractivity contribution is 5.94. The molecule has 3 heterocycles. The number of hydrogen-bond acceptors (Lipinski definition) is 5. The second kappa shape index (κ2) is 9.38. The third-order valence-electron chi connectivity index (χ3n) is 5.88. The molecule has 0 unspecified atom stereocenters. The number of amides is 1. The SMILES string of the molecule is CCOc1ccc(-c2nnc(C3CC(NC(=O)c4cc[nH+]cc4)C3)n2-c2ccccc2F)nc1. The molecule has 0 spiro atoms. The van der Waals surface area contributed by atoms with Crippen LogP contribution in [0.1, 0.15) is 41.9 Å². The summed E-state index contributed by atoms with van der Waals surface area (Å²) in [6.45, 7) is 2.44. The molecule has 0 atom stereocenters. The van der Waals surface area contributed by atoms with Crippen LogP contribution in [0.2, 0.25) is 0 Å². The minimum absolute atomic E-state index is 0.0134. The van der Waals surface area contributed by atoms with E-state index >= 15 is 0 Å². The number of carbonyl (C=O) groups is 1. The number of nitrogens with one attached hydrogen (secondary N) is 2. The summed E-state index contributed by atoms with van der Waals surface area (Å²) in [5, 5.41) is 11.8. The van der Waals surface area contributed by atoms with Crippen LogP contribution in [0.4, 0.5) is 4.39 Å². The average molecular weight is 460 g/mol. The molecule has 1 saturated carbocycles. The lowest BCUT2D eigenvalue weighted by Gasteiger charge is -2.35. The van der Waals surface area contributed by atoms with Gasteiger partial charge in [-0.15, -0.1) is 10.2 Å². The zero-order chi connectivity index (χ0) is 23.5. The van der Waals surface area contributed by atoms with E-state index in [-0.39, 0.29) is 23.7 Å². The molecule has 34 heavy (non-hydrogen) atoms. The third-order valence-corrected chi connectivity index (χ3v) is 5.88. The number of benzene rings is 1. The lowest BCUT2D eigenvalue weighted by atomic mass is 9.79. The van der Waals surface area contributed by atoms with E-state index in [1.54, 1.807) is 59.6 Å². The lowest BCUT2D eigenvalue weighted by molar-refractivity contribution is -0.378. The number of ether oxygens (including phenoxy) is 1. The van der Waals surface area contributed by atoms with Crippen molar-refractivity contribution >= 4 is 5.91 Å². The molecule has 8 nitrogen and oxygen atoms in total. The number of carbonyl (C=O) groups excluding carboxylic acids is 1. The van der Waals surface area contributed by atoms with Gasteiger partial charge in [-0.1, -0.05) is 12.1 Å². The molecule has 9 heteroatoms. The van der Waals surface area contributed by atoms with Crippen LogP contribution in [0.15, 0.2) is 67.1 Å². The fraction of sp³-hybridized carbons (Fsp3) is 0.240. The molecule has 2 N–H and O–H groups in total. The van der Waals surface area contributed by atoms with Crippen molar-refractivity contribution in [3.8, 4) is 23.0 Å². The van der Waals surface area contributed by atoms with Crippen LogP contribution in [0.5, 0.6) is 5.75 Å². The first kappa shape index (κ1) is 21.7. The minimum atomic E-state index is -0.374. The molecule has 1 amide bonds. The van der Waals surface area contributed by atoms with Crippen molar-refractivity contribution in [2.45, 2.75) is 31.7 Å². The van der Waals surface area contributed by atoms with E-state index in [0.717, 1.165) is 0 Å². The van der Waals surface area contributed by atoms with Gasteiger partial charge in [0.2, 0.25) is 0 Å². The Morgan fingerprint density at radius 2 is 1.94 bits per heavy atom. The van der Waals surface area contributed by atoms with Crippen molar-refractivity contribution in [1.82, 2.24) is 25.1 Å². The zero-order valence-corrected chi connectivity index (χ0v) is 18.6. The Hall–Kier alpha value is -4.14. The maximum Gasteiger partial charge on any atom is 0.251 e. The summed E-state index contributed by atoms with van der Waals surface area (Å²) in [4.78, 5) is 19.8. The largest absolute Gasteiger partial charge is 0.492 e. The van der Waals surface area contributed by atoms with Crippen LogP contribution in [-0.4, -0.2) is 38.3 Å². The predicted molar refractivity (Wildman–Crippen MR) is 122 cm³/mol. The number of hydrogen-bond donors (Lipinski definition) is 1. The van der Waals surface area contributed by atoms with E-state index in [1.165, 1.54) is 6.07 Å². The maximum atomic E-state index is 14.8. The molecule has 1 fully saturated rings. The van der Waals surface area contributed by atoms with E-state index in [2.05, 4.69) is 25.5 Å². The molecule has 0 saturated heterocycles. The minimum Gasteiger partial charge on any atom is -0.492 e. The summed E-state index contributed by atoms with van der Waals surface area (Å²) in [6, 6.07) is 13.6. The summed E-state index contributed by atoms with van der Waals surface area (Å²) in [5.41, 5.74) is 1.53. The number of rotatable bonds is 7. The summed E-state index contributed by atoms with van der Waals surface area (Å²) in [7, 11) is 0. The van der Waals surface area contributed by atoms with Crippen molar-refractivity contribution in [1.29, 1.82) is 0 Å². The van der Waals surface area contributed by atoms with E-state index < -0.39 is 0 Å². The Balaban J connectivity index is 1.41. The van der Waals surface area contributed by atoms with E-state index in [1.807, 2.05) is 13.0 Å². The molecular weight excluding hydrogens is 435 g/mol. The van der Waals surface area contributed by atoms with Crippen LogP contribution in [0, 0.1) is 5.82 Å². The normalized spacial score (nSPS) is 17.1. The van der Waals surface area contributed by atoms with Crippen LogP contribution in [-0.2, 0) is 0 Å². The van der Waals surface area contributed by atoms with Gasteiger partial charge in [-0.25, -0.2) is 14.4 Å². The van der Waals surface area contributed by atoms with Gasteiger partial charge in [-0.3, -0.25) is 9.36 Å². The molecule has 1 aliphatic carbocycles. The predicted octanol–water partition coefficient (Wildman–Crippen LogP) is 3.36. The van der Waals surface area contributed by atoms with Gasteiger partial charge < -0.3 is 10.1 Å². The first-order valence-corrected chi connectivity index (χ1v) is 11.2. The molecule has 172 valence electrons. The highest BCUT2D eigenvalue weighted by atomic mass is 19.1. The quantitative estimate of drug-likeness (QED) is 0.457. The molecule has 0 bridgehead atoms. The first-order valence-electron chi connectivity index (χ1n) is 11.2. The first-order chi connectivity index (χ1) is 16.6. The Morgan fingerprint density at radius 3 is 2.65 bits per heavy atom. The summed E-state index contributed by atoms with van der Waals surface area (Å²) < 4.78 is 22.0. The highest BCUT2D eigenvalue weighted by Gasteiger charge is 2.36. The number of para-hydroxylation sites is 1. The van der Waals surface area contributed by atoms with E-state index in [0.29, 0.717) is 53.8 Å². The van der Waals surface area contributed by atoms with Crippen molar-refractivity contribution < 1.29 is 18.9 Å². The Morgan fingerprint density at radius 1 is 1.15 bits per heavy atom. The second-order valence-electron chi connectivity index (χ2n) is 8.11. The number of nitrogens with zero attached hydrogens (tertiary/aromatic N) is 4. The number of pyridine rings is 2. The van der Waals surface area contributed by atoms with Crippen LogP contribution < -0.4 is 15.0 Å². The van der Waals surface area contributed by atoms with Gasteiger partial charge in [0.25, 0.3) is 5.91 Å². The Bertz CT molecular complexity index is 1290. The lowest BCUT2D eigenvalue weighted by Crippen LogP contribution is -2.44. The molecule has 5 rings (SSSR count). The number of aromatic nitrogens is 5. The number of aromatic amines is 1. The Kier molecular flexibility index (Phi) is 5.99. The molecule has 1 aromatic carbocycles. The molecule has 0 radical (unpaired) electrons. The van der Waals surface area contributed by atoms with Gasteiger partial charge in [-0.05, 0) is 44.0 Å². The van der Waals surface area contributed by atoms with Gasteiger partial charge >= 0.3 is 0 Å². The van der Waals surface area contributed by atoms with Gasteiger partial charge in [0.05, 0.1) is 24.1 Å². The van der Waals surface area contributed by atoms with Gasteiger partial charge in [0, 0.05) is 24.1 Å². The summed E-state index contributed by atoms with van der Waals surface area (Å²) in [6.07, 6.45) is 6.43. The molecule has 3 aromatic heterocycles. The third kappa shape index (κ3) is 4.24. The smallest absolute Gasteiger partial charge is 0.251 e. The maximum absolute atomic E-state index is 14.8. The molecule has 1 aliphatic rings. The second-order valence-corrected chi connectivity index (χ2v) is 8.11. The van der Waals surface area contributed by atoms with Crippen LogP contribution >= 0.6 is 0 Å². The van der Waals surface area contributed by atoms with Crippen LogP contribution in [0.25, 0.3) is 17.2 Å². The Labute approximate surface area is 195 Å². The van der Waals surface area contributed by atoms with Crippen molar-refractivity contribution in [3.05, 3.63) is 84.3 Å². The average Bonchev–Trinajstić information content (AvgIpc) is 3.26. The van der Waals surface area contributed by atoms with Crippen molar-refractivity contribution in [2.75, 3.05) is 6.61 Å². The molecular formula is C25H24FN6O2+. The number of halogens is 1.